The molecule has 0 aliphatic carbocycles. The Morgan fingerprint density at radius 3 is 2.58 bits per heavy atom. The Hall–Kier alpha value is -1.27. The van der Waals surface area contributed by atoms with Crippen LogP contribution in [-0.2, 0) is 10.0 Å². The highest BCUT2D eigenvalue weighted by atomic mass is 32.2. The van der Waals surface area contributed by atoms with Crippen molar-refractivity contribution in [2.75, 3.05) is 43.1 Å². The van der Waals surface area contributed by atoms with Gasteiger partial charge in [-0.1, -0.05) is 6.07 Å². The van der Waals surface area contributed by atoms with Crippen molar-refractivity contribution < 1.29 is 8.42 Å². The van der Waals surface area contributed by atoms with Crippen molar-refractivity contribution >= 4 is 21.4 Å². The van der Waals surface area contributed by atoms with Crippen molar-refractivity contribution in [3.05, 3.63) is 24.3 Å². The summed E-state index contributed by atoms with van der Waals surface area (Å²) in [6.45, 7) is 0.839. The summed E-state index contributed by atoms with van der Waals surface area (Å²) in [5.41, 5.74) is 1.58. The molecule has 0 saturated carbocycles. The Morgan fingerprint density at radius 1 is 1.21 bits per heavy atom. The molecule has 0 saturated heterocycles. The molecule has 0 radical (unpaired) electrons. The monoisotopic (exact) mass is 285 g/mol. The van der Waals surface area contributed by atoms with Gasteiger partial charge in [0.2, 0.25) is 10.0 Å². The van der Waals surface area contributed by atoms with Crippen LogP contribution in [0.25, 0.3) is 0 Å². The van der Waals surface area contributed by atoms with E-state index < -0.39 is 10.0 Å². The maximum Gasteiger partial charge on any atom is 0.232 e. The van der Waals surface area contributed by atoms with Gasteiger partial charge in [-0.15, -0.1) is 0 Å². The predicted octanol–water partition coefficient (Wildman–Crippen LogP) is 1.49. The minimum absolute atomic E-state index is 0.154. The number of hydrogen-bond donors (Lipinski definition) is 2. The molecule has 0 fully saturated rings. The van der Waals surface area contributed by atoms with E-state index >= 15 is 0 Å². The normalized spacial score (nSPS) is 11.3. The van der Waals surface area contributed by atoms with Gasteiger partial charge in [0, 0.05) is 19.8 Å². The average Bonchev–Trinajstić information content (AvgIpc) is 2.34. The van der Waals surface area contributed by atoms with Crippen molar-refractivity contribution in [1.29, 1.82) is 0 Å². The van der Waals surface area contributed by atoms with Gasteiger partial charge in [-0.3, -0.25) is 4.72 Å². The molecule has 1 aromatic rings. The summed E-state index contributed by atoms with van der Waals surface area (Å²) in [4.78, 5) is 1.94. The zero-order chi connectivity index (χ0) is 14.3. The van der Waals surface area contributed by atoms with Crippen molar-refractivity contribution in [2.24, 2.45) is 0 Å². The van der Waals surface area contributed by atoms with Gasteiger partial charge in [-0.2, -0.15) is 0 Å². The van der Waals surface area contributed by atoms with Crippen molar-refractivity contribution in [1.82, 2.24) is 5.32 Å². The molecule has 1 aromatic carbocycles. The predicted molar refractivity (Wildman–Crippen MR) is 81.3 cm³/mol. The zero-order valence-corrected chi connectivity index (χ0v) is 12.6. The Kier molecular flexibility index (Phi) is 6.11. The minimum Gasteiger partial charge on any atom is -0.378 e. The molecule has 1 rings (SSSR count). The van der Waals surface area contributed by atoms with Crippen LogP contribution in [0.2, 0.25) is 0 Å². The molecule has 2 N–H and O–H groups in total. The first-order valence-corrected chi connectivity index (χ1v) is 8.02. The fourth-order valence-electron chi connectivity index (χ4n) is 1.67. The molecule has 0 bridgehead atoms. The van der Waals surface area contributed by atoms with Crippen LogP contribution in [0, 0.1) is 0 Å². The molecule has 6 heteroatoms. The highest BCUT2D eigenvalue weighted by Crippen LogP contribution is 2.18. The van der Waals surface area contributed by atoms with Gasteiger partial charge in [-0.05, 0) is 44.6 Å². The second kappa shape index (κ2) is 7.35. The molecule has 0 aliphatic heterocycles. The molecule has 0 aliphatic rings. The Labute approximate surface area is 116 Å². The summed E-state index contributed by atoms with van der Waals surface area (Å²) >= 11 is 0. The third-order valence-electron chi connectivity index (χ3n) is 2.73. The van der Waals surface area contributed by atoms with Crippen molar-refractivity contribution in [2.45, 2.75) is 12.8 Å². The quantitative estimate of drug-likeness (QED) is 0.711. The van der Waals surface area contributed by atoms with E-state index in [2.05, 4.69) is 10.0 Å². The topological polar surface area (TPSA) is 61.4 Å². The Bertz CT molecular complexity index is 486. The molecule has 108 valence electrons. The Balaban J connectivity index is 2.60. The van der Waals surface area contributed by atoms with Crippen LogP contribution in [0.1, 0.15) is 12.8 Å². The van der Waals surface area contributed by atoms with Gasteiger partial charge in [0.1, 0.15) is 0 Å². The molecule has 0 aromatic heterocycles. The average molecular weight is 285 g/mol. The summed E-state index contributed by atoms with van der Waals surface area (Å²) < 4.78 is 26.4. The largest absolute Gasteiger partial charge is 0.378 e. The smallest absolute Gasteiger partial charge is 0.232 e. The van der Waals surface area contributed by atoms with Crippen LogP contribution in [0.3, 0.4) is 0 Å². The molecule has 5 nitrogen and oxygen atoms in total. The van der Waals surface area contributed by atoms with Crippen LogP contribution in [0.15, 0.2) is 24.3 Å². The van der Waals surface area contributed by atoms with E-state index in [1.165, 1.54) is 0 Å². The standard InChI is InChI=1S/C13H23N3O2S/c1-14-9-4-5-10-19(17,18)15-12-7-6-8-13(11-12)16(2)3/h6-8,11,14-15H,4-5,9-10H2,1-3H3. The summed E-state index contributed by atoms with van der Waals surface area (Å²) in [7, 11) is 2.45. The lowest BCUT2D eigenvalue weighted by atomic mass is 10.3. The number of benzene rings is 1. The number of anilines is 2. The first kappa shape index (κ1) is 15.8. The minimum atomic E-state index is -3.25. The van der Waals surface area contributed by atoms with Gasteiger partial charge >= 0.3 is 0 Å². The van der Waals surface area contributed by atoms with Crippen LogP contribution >= 0.6 is 0 Å². The van der Waals surface area contributed by atoms with Gasteiger partial charge in [0.15, 0.2) is 0 Å². The molecule has 0 amide bonds. The second-order valence-electron chi connectivity index (χ2n) is 4.68. The van der Waals surface area contributed by atoms with Crippen LogP contribution in [0.4, 0.5) is 11.4 Å². The second-order valence-corrected chi connectivity index (χ2v) is 6.52. The van der Waals surface area contributed by atoms with E-state index in [-0.39, 0.29) is 5.75 Å². The molecule has 0 unspecified atom stereocenters. The summed E-state index contributed by atoms with van der Waals surface area (Å²) in [6.07, 6.45) is 1.51. The van der Waals surface area contributed by atoms with Gasteiger partial charge in [0.05, 0.1) is 11.4 Å². The van der Waals surface area contributed by atoms with Crippen molar-refractivity contribution in [3.8, 4) is 0 Å². The van der Waals surface area contributed by atoms with E-state index in [0.29, 0.717) is 12.1 Å². The molecular formula is C13H23N3O2S. The number of nitrogens with zero attached hydrogens (tertiary/aromatic N) is 1. The number of rotatable bonds is 8. The van der Waals surface area contributed by atoms with E-state index in [0.717, 1.165) is 18.7 Å². The van der Waals surface area contributed by atoms with Gasteiger partial charge in [-0.25, -0.2) is 8.42 Å². The first-order chi connectivity index (χ1) is 8.94. The molecule has 0 atom stereocenters. The van der Waals surface area contributed by atoms with E-state index in [1.54, 1.807) is 6.07 Å². The van der Waals surface area contributed by atoms with E-state index in [4.69, 9.17) is 0 Å². The fourth-order valence-corrected chi connectivity index (χ4v) is 2.84. The highest BCUT2D eigenvalue weighted by molar-refractivity contribution is 7.92. The number of nitrogens with one attached hydrogen (secondary N) is 2. The van der Waals surface area contributed by atoms with Crippen LogP contribution in [0.5, 0.6) is 0 Å². The molecular weight excluding hydrogens is 262 g/mol. The first-order valence-electron chi connectivity index (χ1n) is 6.37. The lowest BCUT2D eigenvalue weighted by Crippen LogP contribution is -2.18. The third kappa shape index (κ3) is 5.94. The molecule has 19 heavy (non-hydrogen) atoms. The van der Waals surface area contributed by atoms with E-state index in [1.807, 2.05) is 44.2 Å². The number of hydrogen-bond acceptors (Lipinski definition) is 4. The molecule has 0 heterocycles. The zero-order valence-electron chi connectivity index (χ0n) is 11.8. The Morgan fingerprint density at radius 2 is 1.95 bits per heavy atom. The number of sulfonamides is 1. The SMILES string of the molecule is CNCCCCS(=O)(=O)Nc1cccc(N(C)C)c1. The molecule has 0 spiro atoms. The van der Waals surface area contributed by atoms with Crippen LogP contribution < -0.4 is 14.9 Å². The lowest BCUT2D eigenvalue weighted by Gasteiger charge is -2.14. The fraction of sp³-hybridized carbons (Fsp3) is 0.538. The summed E-state index contributed by atoms with van der Waals surface area (Å²) in [6, 6.07) is 7.36. The number of unbranched alkanes of at least 4 members (excludes halogenated alkanes) is 1. The highest BCUT2D eigenvalue weighted by Gasteiger charge is 2.10. The lowest BCUT2D eigenvalue weighted by molar-refractivity contribution is 0.595. The van der Waals surface area contributed by atoms with Crippen molar-refractivity contribution in [3.63, 3.8) is 0 Å². The third-order valence-corrected chi connectivity index (χ3v) is 4.10. The maximum atomic E-state index is 11.9. The van der Waals surface area contributed by atoms with Gasteiger partial charge in [0.25, 0.3) is 0 Å². The van der Waals surface area contributed by atoms with Crippen LogP contribution in [-0.4, -0.2) is 41.9 Å². The summed E-state index contributed by atoms with van der Waals surface area (Å²) in [5.74, 6) is 0.154. The van der Waals surface area contributed by atoms with Gasteiger partial charge < -0.3 is 10.2 Å². The van der Waals surface area contributed by atoms with E-state index in [9.17, 15) is 8.42 Å². The summed E-state index contributed by atoms with van der Waals surface area (Å²) in [5, 5.41) is 3.00. The maximum absolute atomic E-state index is 11.9.